The number of fused-ring (bicyclic) bond motifs is 1. The molecule has 1 aromatic carbocycles. The van der Waals surface area contributed by atoms with Crippen LogP contribution in [0.5, 0.6) is 0 Å². The van der Waals surface area contributed by atoms with Gasteiger partial charge in [-0.1, -0.05) is 17.7 Å². The number of aromatic nitrogens is 1. The maximum atomic E-state index is 12.1. The molecule has 5 nitrogen and oxygen atoms in total. The van der Waals surface area contributed by atoms with Crippen LogP contribution in [-0.2, 0) is 4.74 Å². The molecule has 1 aromatic heterocycles. The zero-order valence-corrected chi connectivity index (χ0v) is 14.1. The van der Waals surface area contributed by atoms with Crippen LogP contribution in [0.4, 0.5) is 10.5 Å². The van der Waals surface area contributed by atoms with Crippen LogP contribution in [0.25, 0.3) is 10.9 Å². The minimum absolute atomic E-state index is 0.0964. The number of hydrogen-bond donors (Lipinski definition) is 2. The quantitative estimate of drug-likeness (QED) is 0.783. The third-order valence-electron chi connectivity index (χ3n) is 2.54. The Morgan fingerprint density at radius 1 is 1.38 bits per heavy atom. The lowest BCUT2D eigenvalue weighted by Crippen LogP contribution is -2.29. The summed E-state index contributed by atoms with van der Waals surface area (Å²) in [6.45, 7) is 5.23. The van der Waals surface area contributed by atoms with Crippen LogP contribution < -0.4 is 10.9 Å². The summed E-state index contributed by atoms with van der Waals surface area (Å²) in [5, 5.41) is 3.70. The molecule has 0 spiro atoms. The van der Waals surface area contributed by atoms with E-state index < -0.39 is 17.3 Å². The highest BCUT2D eigenvalue weighted by molar-refractivity contribution is 9.10. The third kappa shape index (κ3) is 3.77. The van der Waals surface area contributed by atoms with E-state index in [-0.39, 0.29) is 5.69 Å². The Morgan fingerprint density at radius 3 is 2.67 bits per heavy atom. The van der Waals surface area contributed by atoms with Gasteiger partial charge in [-0.15, -0.1) is 0 Å². The molecule has 0 saturated carbocycles. The fraction of sp³-hybridized carbons (Fsp3) is 0.286. The molecule has 1 heterocycles. The summed E-state index contributed by atoms with van der Waals surface area (Å²) in [6.07, 6.45) is -0.693. The zero-order valence-electron chi connectivity index (χ0n) is 11.7. The SMILES string of the molecule is CC(C)(C)OC(=O)Nc1c(Br)c2ccc(Cl)cc2[nH]c1=O. The maximum absolute atomic E-state index is 12.1. The fourth-order valence-electron chi connectivity index (χ4n) is 1.75. The minimum Gasteiger partial charge on any atom is -0.444 e. The summed E-state index contributed by atoms with van der Waals surface area (Å²) < 4.78 is 5.61. The van der Waals surface area contributed by atoms with E-state index in [4.69, 9.17) is 16.3 Å². The molecule has 21 heavy (non-hydrogen) atoms. The van der Waals surface area contributed by atoms with Gasteiger partial charge in [-0.3, -0.25) is 10.1 Å². The van der Waals surface area contributed by atoms with Crippen LogP contribution >= 0.6 is 27.5 Å². The lowest BCUT2D eigenvalue weighted by molar-refractivity contribution is 0.0635. The Morgan fingerprint density at radius 2 is 2.05 bits per heavy atom. The number of pyridine rings is 1. The van der Waals surface area contributed by atoms with Gasteiger partial charge in [0.15, 0.2) is 0 Å². The molecule has 1 amide bonds. The average molecular weight is 374 g/mol. The largest absolute Gasteiger partial charge is 0.444 e. The summed E-state index contributed by atoms with van der Waals surface area (Å²) in [7, 11) is 0. The number of ether oxygens (including phenoxy) is 1. The number of hydrogen-bond acceptors (Lipinski definition) is 3. The normalized spacial score (nSPS) is 11.5. The molecule has 2 N–H and O–H groups in total. The first-order chi connectivity index (χ1) is 9.67. The number of amides is 1. The topological polar surface area (TPSA) is 71.2 Å². The van der Waals surface area contributed by atoms with Gasteiger partial charge in [-0.2, -0.15) is 0 Å². The van der Waals surface area contributed by atoms with E-state index in [1.807, 2.05) is 0 Å². The molecule has 2 rings (SSSR count). The Hall–Kier alpha value is -1.53. The molecule has 0 saturated heterocycles. The van der Waals surface area contributed by atoms with Crippen LogP contribution in [0.3, 0.4) is 0 Å². The van der Waals surface area contributed by atoms with Crippen molar-refractivity contribution in [1.82, 2.24) is 4.98 Å². The number of rotatable bonds is 1. The summed E-state index contributed by atoms with van der Waals surface area (Å²) >= 11 is 9.23. The fourth-order valence-corrected chi connectivity index (χ4v) is 2.54. The third-order valence-corrected chi connectivity index (χ3v) is 3.60. The van der Waals surface area contributed by atoms with E-state index in [0.29, 0.717) is 15.0 Å². The number of benzene rings is 1. The highest BCUT2D eigenvalue weighted by Gasteiger charge is 2.19. The van der Waals surface area contributed by atoms with E-state index >= 15 is 0 Å². The molecule has 0 bridgehead atoms. The lowest BCUT2D eigenvalue weighted by atomic mass is 10.2. The Kier molecular flexibility index (Phi) is 4.30. The van der Waals surface area contributed by atoms with Gasteiger partial charge in [0.1, 0.15) is 11.3 Å². The summed E-state index contributed by atoms with van der Waals surface area (Å²) in [4.78, 5) is 26.5. The first-order valence-electron chi connectivity index (χ1n) is 6.18. The van der Waals surface area contributed by atoms with Crippen LogP contribution in [0, 0.1) is 0 Å². The second kappa shape index (κ2) is 5.69. The second-order valence-corrected chi connectivity index (χ2v) is 6.69. The lowest BCUT2D eigenvalue weighted by Gasteiger charge is -2.20. The average Bonchev–Trinajstić information content (AvgIpc) is 2.31. The number of carbonyl (C=O) groups excluding carboxylic acids is 1. The van der Waals surface area contributed by atoms with Crippen molar-refractivity contribution >= 4 is 50.2 Å². The van der Waals surface area contributed by atoms with E-state index in [2.05, 4.69) is 26.2 Å². The minimum atomic E-state index is -0.693. The standard InChI is InChI=1S/C14H14BrClN2O3/c1-14(2,3)21-13(20)18-11-10(15)8-5-4-7(16)6-9(8)17-12(11)19/h4-6H,1-3H3,(H,17,19)(H,18,20). The molecule has 0 atom stereocenters. The first kappa shape index (κ1) is 15.9. The summed E-state index contributed by atoms with van der Waals surface area (Å²) in [6, 6.07) is 5.09. The van der Waals surface area contributed by atoms with Crippen molar-refractivity contribution < 1.29 is 9.53 Å². The summed E-state index contributed by atoms with van der Waals surface area (Å²) in [5.74, 6) is 0. The predicted molar refractivity (Wildman–Crippen MR) is 87.1 cm³/mol. The van der Waals surface area contributed by atoms with E-state index in [1.165, 1.54) is 0 Å². The van der Waals surface area contributed by atoms with Crippen molar-refractivity contribution in [3.63, 3.8) is 0 Å². The Balaban J connectivity index is 2.43. The van der Waals surface area contributed by atoms with Crippen molar-refractivity contribution in [2.45, 2.75) is 26.4 Å². The molecule has 0 unspecified atom stereocenters. The van der Waals surface area contributed by atoms with E-state index in [9.17, 15) is 9.59 Å². The molecular weight excluding hydrogens is 360 g/mol. The van der Waals surface area contributed by atoms with Crippen molar-refractivity contribution in [3.8, 4) is 0 Å². The molecule has 0 radical (unpaired) electrons. The van der Waals surface area contributed by atoms with Gasteiger partial charge < -0.3 is 9.72 Å². The first-order valence-corrected chi connectivity index (χ1v) is 7.35. The molecule has 0 aliphatic heterocycles. The van der Waals surface area contributed by atoms with Crippen LogP contribution in [0.15, 0.2) is 27.5 Å². The number of nitrogens with one attached hydrogen (secondary N) is 2. The number of anilines is 1. The van der Waals surface area contributed by atoms with Crippen molar-refractivity contribution in [1.29, 1.82) is 0 Å². The van der Waals surface area contributed by atoms with Gasteiger partial charge in [-0.25, -0.2) is 4.79 Å². The van der Waals surface area contributed by atoms with Crippen LogP contribution in [0.2, 0.25) is 5.02 Å². The molecule has 0 aliphatic rings. The van der Waals surface area contributed by atoms with Crippen molar-refractivity contribution in [2.75, 3.05) is 5.32 Å². The van der Waals surface area contributed by atoms with Gasteiger partial charge in [0.05, 0.1) is 9.99 Å². The monoisotopic (exact) mass is 372 g/mol. The van der Waals surface area contributed by atoms with Crippen molar-refractivity contribution in [3.05, 3.63) is 38.0 Å². The molecule has 0 aliphatic carbocycles. The zero-order chi connectivity index (χ0) is 15.8. The smallest absolute Gasteiger partial charge is 0.412 e. The van der Waals surface area contributed by atoms with Gasteiger partial charge in [0.2, 0.25) is 0 Å². The van der Waals surface area contributed by atoms with Gasteiger partial charge in [-0.05, 0) is 48.8 Å². The van der Waals surface area contributed by atoms with Gasteiger partial charge in [0, 0.05) is 10.4 Å². The van der Waals surface area contributed by atoms with E-state index in [0.717, 1.165) is 5.39 Å². The Labute approximate surface area is 134 Å². The summed E-state index contributed by atoms with van der Waals surface area (Å²) in [5.41, 5.74) is -0.413. The molecule has 0 fully saturated rings. The van der Waals surface area contributed by atoms with Gasteiger partial charge in [0.25, 0.3) is 5.56 Å². The Bertz CT molecular complexity index is 765. The maximum Gasteiger partial charge on any atom is 0.412 e. The van der Waals surface area contributed by atoms with Crippen LogP contribution in [0.1, 0.15) is 20.8 Å². The van der Waals surface area contributed by atoms with E-state index in [1.54, 1.807) is 39.0 Å². The second-order valence-electron chi connectivity index (χ2n) is 5.46. The number of H-pyrrole nitrogens is 1. The number of halogens is 2. The molecule has 2 aromatic rings. The highest BCUT2D eigenvalue weighted by Crippen LogP contribution is 2.29. The van der Waals surface area contributed by atoms with Gasteiger partial charge >= 0.3 is 6.09 Å². The highest BCUT2D eigenvalue weighted by atomic mass is 79.9. The van der Waals surface area contributed by atoms with Crippen LogP contribution in [-0.4, -0.2) is 16.7 Å². The number of aromatic amines is 1. The molecule has 7 heteroatoms. The molecule has 112 valence electrons. The number of carbonyl (C=O) groups is 1. The predicted octanol–water partition coefficient (Wildman–Crippen LogP) is 4.29. The molecular formula is C14H14BrClN2O3. The van der Waals surface area contributed by atoms with Crippen molar-refractivity contribution in [2.24, 2.45) is 0 Å².